The first-order valence-electron chi connectivity index (χ1n) is 9.86. The van der Waals surface area contributed by atoms with E-state index in [4.69, 9.17) is 9.47 Å². The molecule has 0 spiro atoms. The minimum atomic E-state index is -0.536. The van der Waals surface area contributed by atoms with Gasteiger partial charge in [-0.15, -0.1) is 5.10 Å². The van der Waals surface area contributed by atoms with E-state index in [1.54, 1.807) is 7.11 Å². The molecule has 2 aromatic heterocycles. The van der Waals surface area contributed by atoms with E-state index < -0.39 is 6.09 Å². The summed E-state index contributed by atoms with van der Waals surface area (Å²) in [5, 5.41) is 12.4. The summed E-state index contributed by atoms with van der Waals surface area (Å²) in [6, 6.07) is 11.7. The van der Waals surface area contributed by atoms with Crippen LogP contribution >= 0.6 is 11.3 Å². The number of ether oxygens (including phenoxy) is 2. The van der Waals surface area contributed by atoms with Crippen LogP contribution < -0.4 is 10.1 Å². The van der Waals surface area contributed by atoms with Crippen LogP contribution in [0.1, 0.15) is 23.7 Å². The fourth-order valence-corrected chi connectivity index (χ4v) is 4.20. The molecule has 0 saturated carbocycles. The number of hydrogen-bond acceptors (Lipinski definition) is 7. The maximum Gasteiger partial charge on any atom is 0.412 e. The van der Waals surface area contributed by atoms with Crippen molar-refractivity contribution >= 4 is 33.5 Å². The Morgan fingerprint density at radius 1 is 1.19 bits per heavy atom. The number of benzene rings is 2. The number of nitrogens with one attached hydrogen (secondary N) is 1. The number of carbonyl (C=O) groups is 1. The molecule has 2 heterocycles. The molecule has 4 aromatic rings. The predicted molar refractivity (Wildman–Crippen MR) is 121 cm³/mol. The Hall–Kier alpha value is -3.46. The van der Waals surface area contributed by atoms with E-state index in [1.165, 1.54) is 11.3 Å². The maximum atomic E-state index is 12.4. The number of carbonyl (C=O) groups excluding carboxylic acids is 1. The molecule has 4 rings (SSSR count). The average molecular weight is 438 g/mol. The average Bonchev–Trinajstić information content (AvgIpc) is 3.34. The third-order valence-electron chi connectivity index (χ3n) is 4.85. The first-order valence-corrected chi connectivity index (χ1v) is 10.7. The zero-order chi connectivity index (χ0) is 22.0. The van der Waals surface area contributed by atoms with Crippen molar-refractivity contribution in [3.8, 4) is 16.3 Å². The topological polar surface area (TPSA) is 91.2 Å². The summed E-state index contributed by atoms with van der Waals surface area (Å²) in [4.78, 5) is 16.9. The number of aromatic nitrogens is 4. The molecule has 8 nitrogen and oxygen atoms in total. The van der Waals surface area contributed by atoms with Gasteiger partial charge in [-0.05, 0) is 56.2 Å². The molecule has 0 aliphatic heterocycles. The second-order valence-electron chi connectivity index (χ2n) is 7.07. The Bertz CT molecular complexity index is 1250. The van der Waals surface area contributed by atoms with Crippen LogP contribution in [-0.2, 0) is 17.9 Å². The van der Waals surface area contributed by atoms with Crippen LogP contribution in [0.4, 0.5) is 9.80 Å². The highest BCUT2D eigenvalue weighted by atomic mass is 32.1. The normalized spacial score (nSPS) is 11.0. The van der Waals surface area contributed by atoms with Gasteiger partial charge in [-0.25, -0.2) is 14.5 Å². The third-order valence-corrected chi connectivity index (χ3v) is 5.95. The SMILES string of the molecule is CCn1nnc2cc(COC(=O)Nc3sc(-c4ccc(C)cc4OC)nc3C)ccc21. The van der Waals surface area contributed by atoms with E-state index in [9.17, 15) is 4.79 Å². The summed E-state index contributed by atoms with van der Waals surface area (Å²) >= 11 is 1.38. The van der Waals surface area contributed by atoms with E-state index in [2.05, 4.69) is 20.6 Å². The first kappa shape index (κ1) is 20.8. The highest BCUT2D eigenvalue weighted by molar-refractivity contribution is 7.19. The lowest BCUT2D eigenvalue weighted by molar-refractivity contribution is 0.155. The van der Waals surface area contributed by atoms with Gasteiger partial charge in [0, 0.05) is 6.54 Å². The minimum absolute atomic E-state index is 0.136. The Kier molecular flexibility index (Phi) is 5.85. The van der Waals surface area contributed by atoms with E-state index in [0.717, 1.165) is 50.7 Å². The van der Waals surface area contributed by atoms with Gasteiger partial charge in [0.05, 0.1) is 23.9 Å². The number of amides is 1. The van der Waals surface area contributed by atoms with E-state index in [0.29, 0.717) is 5.00 Å². The number of methoxy groups -OCH3 is 1. The van der Waals surface area contributed by atoms with Crippen LogP contribution in [0.3, 0.4) is 0 Å². The van der Waals surface area contributed by atoms with Crippen molar-refractivity contribution in [1.82, 2.24) is 20.0 Å². The second-order valence-corrected chi connectivity index (χ2v) is 8.07. The number of anilines is 1. The molecule has 0 saturated heterocycles. The first-order chi connectivity index (χ1) is 15.0. The largest absolute Gasteiger partial charge is 0.496 e. The summed E-state index contributed by atoms with van der Waals surface area (Å²) in [6.45, 7) is 6.75. The summed E-state index contributed by atoms with van der Waals surface area (Å²) in [5.41, 5.74) is 5.28. The fraction of sp³-hybridized carbons (Fsp3) is 0.273. The molecule has 160 valence electrons. The van der Waals surface area contributed by atoms with Gasteiger partial charge in [0.25, 0.3) is 0 Å². The zero-order valence-corrected chi connectivity index (χ0v) is 18.6. The van der Waals surface area contributed by atoms with E-state index >= 15 is 0 Å². The molecule has 0 fully saturated rings. The van der Waals surface area contributed by atoms with Crippen molar-refractivity contribution in [2.75, 3.05) is 12.4 Å². The third kappa shape index (κ3) is 4.36. The van der Waals surface area contributed by atoms with Crippen LogP contribution in [0.2, 0.25) is 0 Å². The summed E-state index contributed by atoms with van der Waals surface area (Å²) in [7, 11) is 1.63. The Labute approximate surface area is 183 Å². The summed E-state index contributed by atoms with van der Waals surface area (Å²) in [6.07, 6.45) is -0.536. The lowest BCUT2D eigenvalue weighted by atomic mass is 10.1. The number of thiazole rings is 1. The van der Waals surface area contributed by atoms with Crippen LogP contribution in [0, 0.1) is 13.8 Å². The predicted octanol–water partition coefficient (Wildman–Crippen LogP) is 4.95. The minimum Gasteiger partial charge on any atom is -0.496 e. The smallest absolute Gasteiger partial charge is 0.412 e. The number of aryl methyl sites for hydroxylation is 3. The van der Waals surface area contributed by atoms with Crippen molar-refractivity contribution in [3.63, 3.8) is 0 Å². The molecule has 0 aliphatic rings. The van der Waals surface area contributed by atoms with Crippen LogP contribution in [-0.4, -0.2) is 33.2 Å². The highest BCUT2D eigenvalue weighted by Crippen LogP contribution is 2.37. The van der Waals surface area contributed by atoms with Gasteiger partial charge in [-0.2, -0.15) is 0 Å². The van der Waals surface area contributed by atoms with Gasteiger partial charge in [-0.3, -0.25) is 5.32 Å². The van der Waals surface area contributed by atoms with Crippen molar-refractivity contribution in [1.29, 1.82) is 0 Å². The lowest BCUT2D eigenvalue weighted by Gasteiger charge is -2.07. The number of hydrogen-bond donors (Lipinski definition) is 1. The Morgan fingerprint density at radius 2 is 2.03 bits per heavy atom. The number of nitrogens with zero attached hydrogens (tertiary/aromatic N) is 4. The maximum absolute atomic E-state index is 12.4. The number of rotatable bonds is 6. The van der Waals surface area contributed by atoms with Crippen LogP contribution in [0.15, 0.2) is 36.4 Å². The number of fused-ring (bicyclic) bond motifs is 1. The molecule has 2 aromatic carbocycles. The Balaban J connectivity index is 1.43. The molecular formula is C22H23N5O3S. The highest BCUT2D eigenvalue weighted by Gasteiger charge is 2.16. The summed E-state index contributed by atoms with van der Waals surface area (Å²) in [5.74, 6) is 0.748. The lowest BCUT2D eigenvalue weighted by Crippen LogP contribution is -2.13. The van der Waals surface area contributed by atoms with Gasteiger partial charge in [0.15, 0.2) is 0 Å². The molecule has 0 atom stereocenters. The van der Waals surface area contributed by atoms with Crippen molar-refractivity contribution in [2.45, 2.75) is 33.9 Å². The van der Waals surface area contributed by atoms with Gasteiger partial charge in [-0.1, -0.05) is 28.7 Å². The molecule has 31 heavy (non-hydrogen) atoms. The second kappa shape index (κ2) is 8.73. The standard InChI is InChI=1S/C22H23N5O3S/c1-5-27-18-9-7-15(11-17(18)25-26-27)12-30-22(28)24-20-14(3)23-21(31-20)16-8-6-13(2)10-19(16)29-4/h6-11H,5,12H2,1-4H3,(H,24,28). The summed E-state index contributed by atoms with van der Waals surface area (Å²) < 4.78 is 12.7. The van der Waals surface area contributed by atoms with Gasteiger partial charge in [0.2, 0.25) is 0 Å². The van der Waals surface area contributed by atoms with Crippen molar-refractivity contribution < 1.29 is 14.3 Å². The molecule has 0 radical (unpaired) electrons. The van der Waals surface area contributed by atoms with Crippen molar-refractivity contribution in [2.24, 2.45) is 0 Å². The fourth-order valence-electron chi connectivity index (χ4n) is 3.22. The van der Waals surface area contributed by atoms with E-state index in [1.807, 2.05) is 61.9 Å². The van der Waals surface area contributed by atoms with Gasteiger partial charge in [0.1, 0.15) is 27.9 Å². The molecule has 1 amide bonds. The van der Waals surface area contributed by atoms with E-state index in [-0.39, 0.29) is 6.61 Å². The molecule has 9 heteroatoms. The van der Waals surface area contributed by atoms with Gasteiger partial charge >= 0.3 is 6.09 Å². The van der Waals surface area contributed by atoms with Crippen LogP contribution in [0.25, 0.3) is 21.6 Å². The Morgan fingerprint density at radius 3 is 2.81 bits per heavy atom. The zero-order valence-electron chi connectivity index (χ0n) is 17.8. The van der Waals surface area contributed by atoms with Crippen molar-refractivity contribution in [3.05, 3.63) is 53.2 Å². The molecule has 0 unspecified atom stereocenters. The van der Waals surface area contributed by atoms with Crippen LogP contribution in [0.5, 0.6) is 5.75 Å². The monoisotopic (exact) mass is 437 g/mol. The molecule has 0 aliphatic carbocycles. The molecular weight excluding hydrogens is 414 g/mol. The van der Waals surface area contributed by atoms with Gasteiger partial charge < -0.3 is 9.47 Å². The quantitative estimate of drug-likeness (QED) is 0.459. The molecule has 1 N–H and O–H groups in total. The molecule has 0 bridgehead atoms.